The van der Waals surface area contributed by atoms with Crippen LogP contribution < -0.4 is 5.48 Å². The van der Waals surface area contributed by atoms with Gasteiger partial charge in [-0.2, -0.15) is 27.1 Å². The summed E-state index contributed by atoms with van der Waals surface area (Å²) >= 11 is 0. The van der Waals surface area contributed by atoms with Gasteiger partial charge in [0.2, 0.25) is 0 Å². The van der Waals surface area contributed by atoms with Crippen molar-refractivity contribution in [2.45, 2.75) is 12.1 Å². The fourth-order valence-electron chi connectivity index (χ4n) is 0.751. The second kappa shape index (κ2) is 7.31. The van der Waals surface area contributed by atoms with E-state index in [2.05, 4.69) is 5.48 Å². The molecule has 0 fully saturated rings. The van der Waals surface area contributed by atoms with E-state index in [1.54, 1.807) is 7.11 Å². The average molecular weight is 287 g/mol. The van der Waals surface area contributed by atoms with Gasteiger partial charge in [0.05, 0.1) is 7.11 Å². The van der Waals surface area contributed by atoms with Crippen molar-refractivity contribution >= 4 is 10.1 Å². The molecule has 1 aromatic carbocycles. The molecule has 0 bridgehead atoms. The van der Waals surface area contributed by atoms with E-state index in [9.17, 15) is 13.2 Å². The molecule has 0 unspecified atom stereocenters. The van der Waals surface area contributed by atoms with Crippen molar-refractivity contribution in [2.75, 3.05) is 7.11 Å². The first-order valence-electron chi connectivity index (χ1n) is 4.52. The van der Waals surface area contributed by atoms with Crippen LogP contribution in [-0.2, 0) is 21.5 Å². The lowest BCUT2D eigenvalue weighted by molar-refractivity contribution is -0.0510. The van der Waals surface area contributed by atoms with E-state index in [1.165, 1.54) is 5.56 Å². The maximum absolute atomic E-state index is 10.7. The number of benzene rings is 1. The molecule has 0 aliphatic heterocycles. The Morgan fingerprint density at radius 1 is 1.28 bits per heavy atom. The van der Waals surface area contributed by atoms with Crippen molar-refractivity contribution in [1.82, 2.24) is 5.48 Å². The van der Waals surface area contributed by atoms with E-state index in [1.807, 2.05) is 30.3 Å². The number of hydrogen-bond acceptors (Lipinski definition) is 4. The van der Waals surface area contributed by atoms with Crippen LogP contribution >= 0.6 is 0 Å². The monoisotopic (exact) mass is 287 g/mol. The lowest BCUT2D eigenvalue weighted by Crippen LogP contribution is -2.21. The lowest BCUT2D eigenvalue weighted by atomic mass is 10.2. The summed E-state index contributed by atoms with van der Waals surface area (Å²) in [6.07, 6.45) is 0. The van der Waals surface area contributed by atoms with Gasteiger partial charge in [0.25, 0.3) is 0 Å². The number of rotatable bonds is 3. The Morgan fingerprint density at radius 3 is 2.06 bits per heavy atom. The van der Waals surface area contributed by atoms with Crippen LogP contribution in [0.2, 0.25) is 0 Å². The summed E-state index contributed by atoms with van der Waals surface area (Å²) in [6, 6.07) is 10.1. The van der Waals surface area contributed by atoms with Gasteiger partial charge in [0.15, 0.2) is 0 Å². The third kappa shape index (κ3) is 7.22. The van der Waals surface area contributed by atoms with E-state index < -0.39 is 15.6 Å². The zero-order valence-electron chi connectivity index (χ0n) is 9.31. The zero-order chi connectivity index (χ0) is 14.2. The highest BCUT2D eigenvalue weighted by Gasteiger charge is 2.44. The molecule has 0 heterocycles. The third-order valence-corrected chi connectivity index (χ3v) is 2.14. The maximum atomic E-state index is 10.7. The minimum atomic E-state index is -5.84. The molecule has 2 N–H and O–H groups in total. The van der Waals surface area contributed by atoms with Crippen LogP contribution in [0.4, 0.5) is 13.2 Å². The SMILES string of the molecule is CONCc1ccccc1.O=S(=O)(O)C(F)(F)F. The summed E-state index contributed by atoms with van der Waals surface area (Å²) < 4.78 is 57.5. The highest BCUT2D eigenvalue weighted by molar-refractivity contribution is 7.86. The van der Waals surface area contributed by atoms with Crippen molar-refractivity contribution in [3.05, 3.63) is 35.9 Å². The maximum Gasteiger partial charge on any atom is 0.522 e. The van der Waals surface area contributed by atoms with Crippen molar-refractivity contribution in [2.24, 2.45) is 0 Å². The van der Waals surface area contributed by atoms with Gasteiger partial charge < -0.3 is 4.84 Å². The average Bonchev–Trinajstić information content (AvgIpc) is 2.26. The van der Waals surface area contributed by atoms with Crippen LogP contribution in [0.3, 0.4) is 0 Å². The third-order valence-electron chi connectivity index (χ3n) is 1.56. The van der Waals surface area contributed by atoms with Crippen LogP contribution in [0.5, 0.6) is 0 Å². The topological polar surface area (TPSA) is 75.6 Å². The predicted octanol–water partition coefficient (Wildman–Crippen LogP) is 1.73. The Balaban J connectivity index is 0.000000331. The second-order valence-corrected chi connectivity index (χ2v) is 4.34. The summed E-state index contributed by atoms with van der Waals surface area (Å²) in [5, 5.41) is 0. The molecule has 1 rings (SSSR count). The molecule has 0 aromatic heterocycles. The van der Waals surface area contributed by atoms with Gasteiger partial charge in [-0.25, -0.2) is 0 Å². The Hall–Kier alpha value is -1.16. The number of hydrogen-bond donors (Lipinski definition) is 2. The molecule has 1 aromatic rings. The Bertz CT molecular complexity index is 433. The Kier molecular flexibility index (Phi) is 6.84. The number of alkyl halides is 3. The zero-order valence-corrected chi connectivity index (χ0v) is 10.1. The number of halogens is 3. The van der Waals surface area contributed by atoms with Crippen molar-refractivity contribution in [3.63, 3.8) is 0 Å². The van der Waals surface area contributed by atoms with E-state index in [-0.39, 0.29) is 0 Å². The van der Waals surface area contributed by atoms with Crippen molar-refractivity contribution in [3.8, 4) is 0 Å². The van der Waals surface area contributed by atoms with Crippen LogP contribution in [0, 0.1) is 0 Å². The smallest absolute Gasteiger partial charge is 0.305 e. The molecule has 0 aliphatic carbocycles. The first-order valence-corrected chi connectivity index (χ1v) is 5.96. The highest BCUT2D eigenvalue weighted by atomic mass is 32.2. The van der Waals surface area contributed by atoms with Gasteiger partial charge in [-0.15, -0.1) is 0 Å². The minimum absolute atomic E-state index is 0.761. The van der Waals surface area contributed by atoms with E-state index in [4.69, 9.17) is 17.8 Å². The fraction of sp³-hybridized carbons (Fsp3) is 0.333. The summed E-state index contributed by atoms with van der Waals surface area (Å²) in [5.41, 5.74) is -1.54. The second-order valence-electron chi connectivity index (χ2n) is 2.93. The molecule has 0 atom stereocenters. The molecule has 0 spiro atoms. The van der Waals surface area contributed by atoms with Gasteiger partial charge in [-0.3, -0.25) is 4.55 Å². The van der Waals surface area contributed by atoms with Gasteiger partial charge >= 0.3 is 15.6 Å². The quantitative estimate of drug-likeness (QED) is 0.503. The molecule has 0 aliphatic rings. The molecule has 104 valence electrons. The first kappa shape index (κ1) is 16.8. The summed E-state index contributed by atoms with van der Waals surface area (Å²) in [6.45, 7) is 0.761. The normalized spacial score (nSPS) is 11.6. The fourth-order valence-corrected chi connectivity index (χ4v) is 0.751. The van der Waals surface area contributed by atoms with Crippen LogP contribution in [-0.4, -0.2) is 25.6 Å². The van der Waals surface area contributed by atoms with E-state index in [0.717, 1.165) is 6.54 Å². The summed E-state index contributed by atoms with van der Waals surface area (Å²) in [5.74, 6) is 0. The van der Waals surface area contributed by atoms with Crippen LogP contribution in [0.15, 0.2) is 30.3 Å². The van der Waals surface area contributed by atoms with Crippen LogP contribution in [0.1, 0.15) is 5.56 Å². The Labute approximate surface area is 102 Å². The minimum Gasteiger partial charge on any atom is -0.305 e. The van der Waals surface area contributed by atoms with Crippen molar-refractivity contribution in [1.29, 1.82) is 0 Å². The van der Waals surface area contributed by atoms with Gasteiger partial charge in [0, 0.05) is 6.54 Å². The molecule has 0 amide bonds. The van der Waals surface area contributed by atoms with E-state index in [0.29, 0.717) is 0 Å². The van der Waals surface area contributed by atoms with E-state index >= 15 is 0 Å². The van der Waals surface area contributed by atoms with Gasteiger partial charge in [-0.1, -0.05) is 30.3 Å². The predicted molar refractivity (Wildman–Crippen MR) is 57.9 cm³/mol. The molecule has 0 saturated heterocycles. The molecular weight excluding hydrogens is 275 g/mol. The summed E-state index contributed by atoms with van der Waals surface area (Å²) in [7, 11) is -4.23. The highest BCUT2D eigenvalue weighted by Crippen LogP contribution is 2.20. The molecule has 0 saturated carbocycles. The lowest BCUT2D eigenvalue weighted by Gasteiger charge is -1.99. The summed E-state index contributed by atoms with van der Waals surface area (Å²) in [4.78, 5) is 4.70. The molecule has 9 heteroatoms. The molecule has 0 radical (unpaired) electrons. The molecule has 5 nitrogen and oxygen atoms in total. The van der Waals surface area contributed by atoms with Crippen molar-refractivity contribution < 1.29 is 31.0 Å². The largest absolute Gasteiger partial charge is 0.522 e. The first-order chi connectivity index (χ1) is 8.18. The van der Waals surface area contributed by atoms with Gasteiger partial charge in [-0.05, 0) is 5.56 Å². The standard InChI is InChI=1S/C8H11NO.CHF3O3S/c1-10-9-7-8-5-3-2-4-6-8;2-1(3,4)8(5,6)7/h2-6,9H,7H2,1H3;(H,5,6,7). The Morgan fingerprint density at radius 2 is 1.72 bits per heavy atom. The number of nitrogens with one attached hydrogen (secondary N) is 1. The molecule has 18 heavy (non-hydrogen) atoms. The van der Waals surface area contributed by atoms with Gasteiger partial charge in [0.1, 0.15) is 0 Å². The molecular formula is C9H12F3NO4S. The number of hydroxylamine groups is 1. The van der Waals surface area contributed by atoms with Crippen LogP contribution in [0.25, 0.3) is 0 Å².